The zero-order valence-electron chi connectivity index (χ0n) is 13.7. The highest BCUT2D eigenvalue weighted by Gasteiger charge is 2.42. The Hall–Kier alpha value is -2.22. The molecule has 2 fully saturated rings. The SMILES string of the molecule is Cc1noc(C2CN(C(=O)C3CC(=O)N(c4cccc(Br)c4)C3)C2)n1. The summed E-state index contributed by atoms with van der Waals surface area (Å²) in [4.78, 5) is 32.7. The van der Waals surface area contributed by atoms with Crippen LogP contribution in [-0.4, -0.2) is 46.5 Å². The quantitative estimate of drug-likeness (QED) is 0.782. The summed E-state index contributed by atoms with van der Waals surface area (Å²) < 4.78 is 6.07. The third-order valence-corrected chi connectivity index (χ3v) is 5.17. The molecule has 130 valence electrons. The average molecular weight is 405 g/mol. The summed E-state index contributed by atoms with van der Waals surface area (Å²) in [6.45, 7) is 3.34. The van der Waals surface area contributed by atoms with E-state index in [0.29, 0.717) is 31.3 Å². The van der Waals surface area contributed by atoms with E-state index in [1.807, 2.05) is 24.3 Å². The van der Waals surface area contributed by atoms with Gasteiger partial charge in [-0.25, -0.2) is 0 Å². The fourth-order valence-electron chi connectivity index (χ4n) is 3.32. The Morgan fingerprint density at radius 2 is 2.12 bits per heavy atom. The number of aromatic nitrogens is 2. The first kappa shape index (κ1) is 16.3. The first-order chi connectivity index (χ1) is 12.0. The van der Waals surface area contributed by atoms with Crippen LogP contribution in [0.5, 0.6) is 0 Å². The lowest BCUT2D eigenvalue weighted by Gasteiger charge is -2.38. The summed E-state index contributed by atoms with van der Waals surface area (Å²) in [7, 11) is 0. The van der Waals surface area contributed by atoms with E-state index >= 15 is 0 Å². The normalized spacial score (nSPS) is 20.9. The van der Waals surface area contributed by atoms with Gasteiger partial charge < -0.3 is 14.3 Å². The fraction of sp³-hybridized carbons (Fsp3) is 0.412. The van der Waals surface area contributed by atoms with E-state index in [-0.39, 0.29) is 30.1 Å². The van der Waals surface area contributed by atoms with Gasteiger partial charge in [0.15, 0.2) is 5.82 Å². The second kappa shape index (κ2) is 6.25. The van der Waals surface area contributed by atoms with Gasteiger partial charge >= 0.3 is 0 Å². The Balaban J connectivity index is 1.38. The van der Waals surface area contributed by atoms with Crippen molar-refractivity contribution in [2.45, 2.75) is 19.3 Å². The van der Waals surface area contributed by atoms with Crippen molar-refractivity contribution in [3.63, 3.8) is 0 Å². The zero-order chi connectivity index (χ0) is 17.6. The molecular weight excluding hydrogens is 388 g/mol. The van der Waals surface area contributed by atoms with Crippen LogP contribution in [0.25, 0.3) is 0 Å². The number of anilines is 1. The van der Waals surface area contributed by atoms with Crippen molar-refractivity contribution in [2.75, 3.05) is 24.5 Å². The van der Waals surface area contributed by atoms with E-state index < -0.39 is 0 Å². The molecule has 0 radical (unpaired) electrons. The number of benzene rings is 1. The van der Waals surface area contributed by atoms with Crippen molar-refractivity contribution in [1.82, 2.24) is 15.0 Å². The molecule has 0 bridgehead atoms. The van der Waals surface area contributed by atoms with Gasteiger partial charge in [-0.05, 0) is 25.1 Å². The minimum absolute atomic E-state index is 0.0129. The van der Waals surface area contributed by atoms with Gasteiger partial charge in [-0.15, -0.1) is 0 Å². The van der Waals surface area contributed by atoms with E-state index in [1.165, 1.54) is 0 Å². The van der Waals surface area contributed by atoms with Crippen LogP contribution in [0.15, 0.2) is 33.3 Å². The number of amides is 2. The largest absolute Gasteiger partial charge is 0.341 e. The summed E-state index contributed by atoms with van der Waals surface area (Å²) in [5.74, 6) is 1.00. The lowest BCUT2D eigenvalue weighted by atomic mass is 9.96. The Morgan fingerprint density at radius 3 is 2.80 bits per heavy atom. The van der Waals surface area contributed by atoms with E-state index in [0.717, 1.165) is 10.2 Å². The molecule has 2 aliphatic heterocycles. The number of hydrogen-bond donors (Lipinski definition) is 0. The molecule has 1 atom stereocenters. The van der Waals surface area contributed by atoms with Crippen molar-refractivity contribution in [3.05, 3.63) is 40.5 Å². The van der Waals surface area contributed by atoms with Gasteiger partial charge in [0.05, 0.1) is 11.8 Å². The molecule has 1 aromatic heterocycles. The van der Waals surface area contributed by atoms with Crippen LogP contribution in [0, 0.1) is 12.8 Å². The van der Waals surface area contributed by atoms with Gasteiger partial charge in [-0.3, -0.25) is 9.59 Å². The molecule has 7 nitrogen and oxygen atoms in total. The Morgan fingerprint density at radius 1 is 1.32 bits per heavy atom. The number of carbonyl (C=O) groups excluding carboxylic acids is 2. The van der Waals surface area contributed by atoms with Crippen LogP contribution in [0.1, 0.15) is 24.1 Å². The molecule has 0 aliphatic carbocycles. The van der Waals surface area contributed by atoms with Gasteiger partial charge in [0.25, 0.3) is 0 Å². The maximum atomic E-state index is 12.7. The predicted octanol–water partition coefficient (Wildman–Crippen LogP) is 2.12. The first-order valence-corrected chi connectivity index (χ1v) is 8.95. The lowest BCUT2D eigenvalue weighted by molar-refractivity contribution is -0.140. The van der Waals surface area contributed by atoms with Crippen molar-refractivity contribution in [2.24, 2.45) is 5.92 Å². The molecule has 1 unspecified atom stereocenters. The summed E-state index contributed by atoms with van der Waals surface area (Å²) in [6.07, 6.45) is 0.256. The standard InChI is InChI=1S/C17H17BrN4O3/c1-10-19-16(25-20-10)12-7-21(8-12)17(24)11-5-15(23)22(9-11)14-4-2-3-13(18)6-14/h2-4,6,11-12H,5,7-9H2,1H3. The molecule has 25 heavy (non-hydrogen) atoms. The van der Waals surface area contributed by atoms with Crippen molar-refractivity contribution in [3.8, 4) is 0 Å². The fourth-order valence-corrected chi connectivity index (χ4v) is 3.71. The molecule has 0 spiro atoms. The van der Waals surface area contributed by atoms with E-state index in [2.05, 4.69) is 26.1 Å². The molecule has 2 amide bonds. The maximum absolute atomic E-state index is 12.7. The Kier molecular flexibility index (Phi) is 4.07. The third-order valence-electron chi connectivity index (χ3n) is 4.68. The molecule has 8 heteroatoms. The molecule has 1 aromatic carbocycles. The second-order valence-corrected chi connectivity index (χ2v) is 7.42. The number of rotatable bonds is 3. The van der Waals surface area contributed by atoms with Gasteiger partial charge in [0.2, 0.25) is 17.7 Å². The highest BCUT2D eigenvalue weighted by molar-refractivity contribution is 9.10. The number of aryl methyl sites for hydroxylation is 1. The number of carbonyl (C=O) groups is 2. The Labute approximate surface area is 153 Å². The molecule has 3 heterocycles. The first-order valence-electron chi connectivity index (χ1n) is 8.16. The predicted molar refractivity (Wildman–Crippen MR) is 93.0 cm³/mol. The number of likely N-dealkylation sites (tertiary alicyclic amines) is 1. The smallest absolute Gasteiger partial charge is 0.233 e. The summed E-state index contributed by atoms with van der Waals surface area (Å²) in [5, 5.41) is 3.78. The van der Waals surface area contributed by atoms with Crippen LogP contribution in [-0.2, 0) is 9.59 Å². The molecular formula is C17H17BrN4O3. The highest BCUT2D eigenvalue weighted by Crippen LogP contribution is 2.32. The summed E-state index contributed by atoms with van der Waals surface area (Å²) in [5.41, 5.74) is 0.817. The second-order valence-electron chi connectivity index (χ2n) is 6.51. The summed E-state index contributed by atoms with van der Waals surface area (Å²) >= 11 is 3.41. The van der Waals surface area contributed by atoms with Crippen molar-refractivity contribution >= 4 is 33.4 Å². The topological polar surface area (TPSA) is 79.5 Å². The number of nitrogens with zero attached hydrogens (tertiary/aromatic N) is 4. The van der Waals surface area contributed by atoms with E-state index in [4.69, 9.17) is 4.52 Å². The van der Waals surface area contributed by atoms with Gasteiger partial charge in [-0.1, -0.05) is 27.2 Å². The molecule has 2 aliphatic rings. The van der Waals surface area contributed by atoms with Crippen LogP contribution in [0.2, 0.25) is 0 Å². The summed E-state index contributed by atoms with van der Waals surface area (Å²) in [6, 6.07) is 7.57. The third kappa shape index (κ3) is 3.06. The Bertz CT molecular complexity index is 831. The maximum Gasteiger partial charge on any atom is 0.233 e. The van der Waals surface area contributed by atoms with E-state index in [9.17, 15) is 9.59 Å². The minimum atomic E-state index is -0.295. The molecule has 2 saturated heterocycles. The lowest BCUT2D eigenvalue weighted by Crippen LogP contribution is -2.51. The van der Waals surface area contributed by atoms with Crippen LogP contribution < -0.4 is 4.90 Å². The van der Waals surface area contributed by atoms with Crippen molar-refractivity contribution < 1.29 is 14.1 Å². The van der Waals surface area contributed by atoms with Gasteiger partial charge in [0.1, 0.15) is 0 Å². The van der Waals surface area contributed by atoms with Gasteiger partial charge in [0, 0.05) is 36.2 Å². The minimum Gasteiger partial charge on any atom is -0.341 e. The number of halogens is 1. The zero-order valence-corrected chi connectivity index (χ0v) is 15.3. The molecule has 4 rings (SSSR count). The molecule has 0 N–H and O–H groups in total. The molecule has 0 saturated carbocycles. The van der Waals surface area contributed by atoms with Crippen LogP contribution >= 0.6 is 15.9 Å². The molecule has 2 aromatic rings. The highest BCUT2D eigenvalue weighted by atomic mass is 79.9. The van der Waals surface area contributed by atoms with E-state index in [1.54, 1.807) is 16.7 Å². The number of hydrogen-bond acceptors (Lipinski definition) is 5. The van der Waals surface area contributed by atoms with Crippen LogP contribution in [0.3, 0.4) is 0 Å². The average Bonchev–Trinajstić information content (AvgIpc) is 3.12. The monoisotopic (exact) mass is 404 g/mol. The van der Waals surface area contributed by atoms with Gasteiger partial charge in [-0.2, -0.15) is 4.98 Å². The van der Waals surface area contributed by atoms with Crippen LogP contribution in [0.4, 0.5) is 5.69 Å². The van der Waals surface area contributed by atoms with Crippen molar-refractivity contribution in [1.29, 1.82) is 0 Å².